The summed E-state index contributed by atoms with van der Waals surface area (Å²) >= 11 is 0. The number of nitrogens with zero attached hydrogens (tertiary/aromatic N) is 1. The lowest BCUT2D eigenvalue weighted by Crippen LogP contribution is -2.20. The molecule has 0 aliphatic heterocycles. The van der Waals surface area contributed by atoms with Gasteiger partial charge < -0.3 is 10.3 Å². The minimum Gasteiger partial charge on any atom is -0.382 e. The second kappa shape index (κ2) is 4.06. The molecule has 0 radical (unpaired) electrons. The van der Waals surface area contributed by atoms with Gasteiger partial charge in [-0.05, 0) is 50.3 Å². The molecule has 3 nitrogen and oxygen atoms in total. The molecule has 1 aromatic carbocycles. The molecule has 2 N–H and O–H groups in total. The highest BCUT2D eigenvalue weighted by atomic mass is 14.9. The van der Waals surface area contributed by atoms with Crippen LogP contribution in [0.15, 0.2) is 18.2 Å². The van der Waals surface area contributed by atoms with Gasteiger partial charge in [-0.3, -0.25) is 0 Å². The largest absolute Gasteiger partial charge is 0.382 e. The summed E-state index contributed by atoms with van der Waals surface area (Å²) in [6.07, 6.45) is 3.97. The molecule has 1 fully saturated rings. The van der Waals surface area contributed by atoms with Crippen molar-refractivity contribution in [3.05, 3.63) is 24.0 Å². The lowest BCUT2D eigenvalue weighted by atomic mass is 10.1. The van der Waals surface area contributed by atoms with E-state index < -0.39 is 0 Å². The maximum Gasteiger partial charge on any atom is 0.104 e. The second-order valence-corrected chi connectivity index (χ2v) is 5.05. The Morgan fingerprint density at radius 2 is 2.29 bits per heavy atom. The van der Waals surface area contributed by atoms with Crippen molar-refractivity contribution in [2.24, 2.45) is 5.92 Å². The summed E-state index contributed by atoms with van der Waals surface area (Å²) in [7, 11) is 0. The molecule has 3 heteroatoms. The number of benzene rings is 1. The molecule has 0 spiro atoms. The second-order valence-electron chi connectivity index (χ2n) is 5.05. The molecule has 1 saturated carbocycles. The molecule has 1 unspecified atom stereocenters. The van der Waals surface area contributed by atoms with Crippen LogP contribution in [0, 0.1) is 12.8 Å². The summed E-state index contributed by atoms with van der Waals surface area (Å²) in [6, 6.07) is 7.02. The average Bonchev–Trinajstić information content (AvgIpc) is 3.08. The normalized spacial score (nSPS) is 17.3. The van der Waals surface area contributed by atoms with Crippen LogP contribution in [0.5, 0.6) is 0 Å². The zero-order valence-electron chi connectivity index (χ0n) is 10.5. The lowest BCUT2D eigenvalue weighted by molar-refractivity contribution is 0.617. The maximum absolute atomic E-state index is 4.42. The van der Waals surface area contributed by atoms with E-state index in [1.807, 2.05) is 6.92 Å². The third-order valence-corrected chi connectivity index (χ3v) is 3.58. The van der Waals surface area contributed by atoms with Gasteiger partial charge >= 0.3 is 0 Å². The summed E-state index contributed by atoms with van der Waals surface area (Å²) < 4.78 is 0. The highest BCUT2D eigenvalue weighted by Crippen LogP contribution is 2.35. The first-order chi connectivity index (χ1) is 8.26. The molecule has 1 atom stereocenters. The number of H-pyrrole nitrogens is 1. The maximum atomic E-state index is 4.42. The van der Waals surface area contributed by atoms with E-state index in [0.29, 0.717) is 6.04 Å². The number of imidazole rings is 1. The van der Waals surface area contributed by atoms with Gasteiger partial charge in [-0.2, -0.15) is 0 Å². The molecule has 1 aliphatic carbocycles. The van der Waals surface area contributed by atoms with Crippen LogP contribution in [0.4, 0.5) is 5.69 Å². The number of hydrogen-bond donors (Lipinski definition) is 2. The van der Waals surface area contributed by atoms with Crippen molar-refractivity contribution in [2.75, 3.05) is 5.32 Å². The van der Waals surface area contributed by atoms with Crippen molar-refractivity contribution >= 4 is 16.7 Å². The summed E-state index contributed by atoms with van der Waals surface area (Å²) in [4.78, 5) is 7.70. The van der Waals surface area contributed by atoms with Gasteiger partial charge in [-0.15, -0.1) is 0 Å². The van der Waals surface area contributed by atoms with Crippen LogP contribution in [-0.4, -0.2) is 16.0 Å². The molecular weight excluding hydrogens is 210 g/mol. The number of nitrogens with one attached hydrogen (secondary N) is 2. The Bertz CT molecular complexity index is 525. The van der Waals surface area contributed by atoms with Gasteiger partial charge in [0.15, 0.2) is 0 Å². The van der Waals surface area contributed by atoms with E-state index in [-0.39, 0.29) is 0 Å². The van der Waals surface area contributed by atoms with Crippen LogP contribution < -0.4 is 5.32 Å². The Morgan fingerprint density at radius 1 is 1.47 bits per heavy atom. The van der Waals surface area contributed by atoms with E-state index in [4.69, 9.17) is 0 Å². The van der Waals surface area contributed by atoms with Crippen molar-refractivity contribution < 1.29 is 0 Å². The number of hydrogen-bond acceptors (Lipinski definition) is 2. The molecule has 1 aliphatic rings. The minimum absolute atomic E-state index is 0.636. The van der Waals surface area contributed by atoms with Crippen molar-refractivity contribution in [1.82, 2.24) is 9.97 Å². The van der Waals surface area contributed by atoms with Crippen molar-refractivity contribution in [3.8, 4) is 0 Å². The fourth-order valence-corrected chi connectivity index (χ4v) is 2.49. The molecule has 3 rings (SSSR count). The fourth-order valence-electron chi connectivity index (χ4n) is 2.49. The van der Waals surface area contributed by atoms with Gasteiger partial charge in [0.2, 0.25) is 0 Å². The topological polar surface area (TPSA) is 40.7 Å². The van der Waals surface area contributed by atoms with E-state index in [0.717, 1.165) is 22.8 Å². The third-order valence-electron chi connectivity index (χ3n) is 3.58. The Hall–Kier alpha value is -1.51. The Labute approximate surface area is 102 Å². The number of rotatable bonds is 4. The van der Waals surface area contributed by atoms with E-state index in [1.165, 1.54) is 24.9 Å². The SMILES string of the molecule is CCC(Nc1ccc2nc(C)[nH]c2c1)C1CC1. The van der Waals surface area contributed by atoms with Gasteiger partial charge in [0.1, 0.15) is 5.82 Å². The van der Waals surface area contributed by atoms with Gasteiger partial charge in [0.25, 0.3) is 0 Å². The molecular formula is C14H19N3. The predicted molar refractivity (Wildman–Crippen MR) is 71.3 cm³/mol. The minimum atomic E-state index is 0.636. The molecule has 90 valence electrons. The van der Waals surface area contributed by atoms with Crippen LogP contribution in [0.2, 0.25) is 0 Å². The first kappa shape index (κ1) is 10.6. The lowest BCUT2D eigenvalue weighted by Gasteiger charge is -2.17. The highest BCUT2D eigenvalue weighted by Gasteiger charge is 2.29. The van der Waals surface area contributed by atoms with Gasteiger partial charge in [0.05, 0.1) is 11.0 Å². The standard InChI is InChI=1S/C14H19N3/c1-3-12(10-4-5-10)17-11-6-7-13-14(8-11)16-9(2)15-13/h6-8,10,12,17H,3-5H2,1-2H3,(H,15,16). The number of aromatic amines is 1. The smallest absolute Gasteiger partial charge is 0.104 e. The van der Waals surface area contributed by atoms with Crippen LogP contribution in [0.3, 0.4) is 0 Å². The first-order valence-electron chi connectivity index (χ1n) is 6.49. The predicted octanol–water partition coefficient (Wildman–Crippen LogP) is 3.47. The third kappa shape index (κ3) is 2.14. The summed E-state index contributed by atoms with van der Waals surface area (Å²) in [5.41, 5.74) is 3.38. The van der Waals surface area contributed by atoms with Crippen LogP contribution in [0.1, 0.15) is 32.0 Å². The molecule has 17 heavy (non-hydrogen) atoms. The molecule has 1 aromatic heterocycles. The van der Waals surface area contributed by atoms with Gasteiger partial charge in [-0.25, -0.2) is 4.98 Å². The Balaban J connectivity index is 1.84. The molecule has 1 heterocycles. The summed E-state index contributed by atoms with van der Waals surface area (Å²) in [6.45, 7) is 4.25. The van der Waals surface area contributed by atoms with E-state index in [2.05, 4.69) is 40.4 Å². The summed E-state index contributed by atoms with van der Waals surface area (Å²) in [5, 5.41) is 3.64. The van der Waals surface area contributed by atoms with Crippen LogP contribution >= 0.6 is 0 Å². The number of aromatic nitrogens is 2. The molecule has 0 amide bonds. The first-order valence-corrected chi connectivity index (χ1v) is 6.49. The van der Waals surface area contributed by atoms with E-state index in [9.17, 15) is 0 Å². The zero-order valence-corrected chi connectivity index (χ0v) is 10.5. The van der Waals surface area contributed by atoms with Gasteiger partial charge in [-0.1, -0.05) is 6.92 Å². The van der Waals surface area contributed by atoms with Crippen LogP contribution in [-0.2, 0) is 0 Å². The average molecular weight is 229 g/mol. The van der Waals surface area contributed by atoms with Crippen molar-refractivity contribution in [2.45, 2.75) is 39.2 Å². The van der Waals surface area contributed by atoms with E-state index >= 15 is 0 Å². The molecule has 2 aromatic rings. The highest BCUT2D eigenvalue weighted by molar-refractivity contribution is 5.79. The number of fused-ring (bicyclic) bond motifs is 1. The Morgan fingerprint density at radius 3 is 3.00 bits per heavy atom. The summed E-state index contributed by atoms with van der Waals surface area (Å²) in [5.74, 6) is 1.87. The van der Waals surface area contributed by atoms with Crippen LogP contribution in [0.25, 0.3) is 11.0 Å². The zero-order chi connectivity index (χ0) is 11.8. The monoisotopic (exact) mass is 229 g/mol. The number of aryl methyl sites for hydroxylation is 1. The van der Waals surface area contributed by atoms with Crippen molar-refractivity contribution in [3.63, 3.8) is 0 Å². The number of anilines is 1. The van der Waals surface area contributed by atoms with Crippen molar-refractivity contribution in [1.29, 1.82) is 0 Å². The molecule has 0 saturated heterocycles. The molecule has 0 bridgehead atoms. The van der Waals surface area contributed by atoms with E-state index in [1.54, 1.807) is 0 Å². The quantitative estimate of drug-likeness (QED) is 0.842. The van der Waals surface area contributed by atoms with Gasteiger partial charge in [0, 0.05) is 11.7 Å². The Kier molecular flexibility index (Phi) is 2.54. The fraction of sp³-hybridized carbons (Fsp3) is 0.500.